The predicted molar refractivity (Wildman–Crippen MR) is 136 cm³/mol. The highest BCUT2D eigenvalue weighted by molar-refractivity contribution is 8.03. The van der Waals surface area contributed by atoms with E-state index in [4.69, 9.17) is 23.2 Å². The third-order valence-corrected chi connectivity index (χ3v) is 7.28. The molecule has 1 heterocycles. The number of thioether (sulfide) groups is 2. The molecule has 170 valence electrons. The normalized spacial score (nSPS) is 11.2. The van der Waals surface area contributed by atoms with Gasteiger partial charge in [-0.25, -0.2) is 10.9 Å². The molecule has 1 aromatic heterocycles. The number of hydrogen-bond acceptors (Lipinski definition) is 9. The Morgan fingerprint density at radius 1 is 0.788 bits per heavy atom. The summed E-state index contributed by atoms with van der Waals surface area (Å²) in [6, 6.07) is 14.1. The first kappa shape index (κ1) is 25.2. The van der Waals surface area contributed by atoms with Gasteiger partial charge in [0.1, 0.15) is 0 Å². The quantitative estimate of drug-likeness (QED) is 0.226. The van der Waals surface area contributed by atoms with E-state index in [1.165, 1.54) is 47.3 Å². The molecule has 13 heteroatoms. The van der Waals surface area contributed by atoms with Gasteiger partial charge in [-0.3, -0.25) is 9.59 Å². The summed E-state index contributed by atoms with van der Waals surface area (Å²) in [7, 11) is 0. The zero-order valence-corrected chi connectivity index (χ0v) is 20.7. The van der Waals surface area contributed by atoms with Gasteiger partial charge < -0.3 is 0 Å². The number of carbonyl (C=O) groups is 2. The van der Waals surface area contributed by atoms with Gasteiger partial charge in [0, 0.05) is 10.0 Å². The maximum absolute atomic E-state index is 11.9. The van der Waals surface area contributed by atoms with E-state index >= 15 is 0 Å². The minimum atomic E-state index is -0.271. The fourth-order valence-electron chi connectivity index (χ4n) is 2.09. The van der Waals surface area contributed by atoms with E-state index in [0.717, 1.165) is 11.1 Å². The van der Waals surface area contributed by atoms with Gasteiger partial charge in [0.25, 0.3) is 11.8 Å². The van der Waals surface area contributed by atoms with Crippen LogP contribution in [0, 0.1) is 0 Å². The van der Waals surface area contributed by atoms with Crippen molar-refractivity contribution in [1.29, 1.82) is 0 Å². The summed E-state index contributed by atoms with van der Waals surface area (Å²) in [4.78, 5) is 23.8. The van der Waals surface area contributed by atoms with Crippen LogP contribution in [0.5, 0.6) is 0 Å². The maximum Gasteiger partial charge on any atom is 0.250 e. The molecule has 0 bridgehead atoms. The Morgan fingerprint density at radius 3 is 1.58 bits per heavy atom. The lowest BCUT2D eigenvalue weighted by Gasteiger charge is -1.98. The number of hydrazone groups is 2. The van der Waals surface area contributed by atoms with Gasteiger partial charge in [-0.15, -0.1) is 10.2 Å². The van der Waals surface area contributed by atoms with Gasteiger partial charge in [0.15, 0.2) is 8.68 Å². The molecule has 0 aliphatic heterocycles. The summed E-state index contributed by atoms with van der Waals surface area (Å²) in [5.74, 6) is -0.269. The lowest BCUT2D eigenvalue weighted by molar-refractivity contribution is -0.119. The summed E-state index contributed by atoms with van der Waals surface area (Å²) in [5.41, 5.74) is 6.54. The second kappa shape index (κ2) is 13.3. The van der Waals surface area contributed by atoms with Crippen molar-refractivity contribution in [2.75, 3.05) is 11.5 Å². The summed E-state index contributed by atoms with van der Waals surface area (Å²) in [6.45, 7) is 0. The number of benzene rings is 2. The van der Waals surface area contributed by atoms with Gasteiger partial charge in [0.2, 0.25) is 0 Å². The van der Waals surface area contributed by atoms with E-state index in [-0.39, 0.29) is 23.3 Å². The van der Waals surface area contributed by atoms with Crippen molar-refractivity contribution < 1.29 is 9.59 Å². The molecule has 0 atom stereocenters. The lowest BCUT2D eigenvalue weighted by atomic mass is 10.2. The minimum Gasteiger partial charge on any atom is -0.272 e. The largest absolute Gasteiger partial charge is 0.272 e. The number of hydrogen-bond donors (Lipinski definition) is 2. The Balaban J connectivity index is 1.34. The molecule has 2 aromatic carbocycles. The Bertz CT molecular complexity index is 1050. The van der Waals surface area contributed by atoms with Gasteiger partial charge in [-0.1, -0.05) is 82.3 Å². The Labute approximate surface area is 212 Å². The highest BCUT2D eigenvalue weighted by Gasteiger charge is 2.10. The fraction of sp³-hybridized carbons (Fsp3) is 0.100. The second-order valence-corrected chi connectivity index (χ2v) is 10.4. The molecular weight excluding hydrogens is 523 g/mol. The molecule has 0 saturated carbocycles. The first-order valence-corrected chi connectivity index (χ1v) is 12.8. The maximum atomic E-state index is 11.9. The zero-order chi connectivity index (χ0) is 23.5. The van der Waals surface area contributed by atoms with Crippen LogP contribution in [-0.4, -0.2) is 45.9 Å². The third-order valence-electron chi connectivity index (χ3n) is 3.59. The van der Waals surface area contributed by atoms with Crippen molar-refractivity contribution >= 4 is 82.3 Å². The first-order chi connectivity index (χ1) is 16.0. The number of nitrogens with one attached hydrogen (secondary N) is 2. The van der Waals surface area contributed by atoms with Gasteiger partial charge in [0.05, 0.1) is 23.9 Å². The molecule has 8 nitrogen and oxygen atoms in total. The van der Waals surface area contributed by atoms with Crippen molar-refractivity contribution in [2.24, 2.45) is 10.2 Å². The number of aromatic nitrogens is 2. The van der Waals surface area contributed by atoms with E-state index in [0.29, 0.717) is 18.7 Å². The number of amides is 2. The highest BCUT2D eigenvalue weighted by atomic mass is 35.5. The number of nitrogens with zero attached hydrogens (tertiary/aromatic N) is 4. The Kier molecular flexibility index (Phi) is 10.2. The molecule has 3 rings (SSSR count). The number of rotatable bonds is 10. The van der Waals surface area contributed by atoms with E-state index < -0.39 is 0 Å². The zero-order valence-electron chi connectivity index (χ0n) is 16.8. The van der Waals surface area contributed by atoms with Crippen molar-refractivity contribution in [1.82, 2.24) is 21.0 Å². The number of halogens is 2. The lowest BCUT2D eigenvalue weighted by Crippen LogP contribution is -2.19. The standard InChI is InChI=1S/C20H16Cl2N6O2S3/c21-15-5-1-13(2-6-15)9-23-25-17(29)11-31-19-27-28-20(33-19)32-12-18(30)26-24-10-14-3-7-16(22)8-4-14/h1-10H,11-12H2,(H,25,29)(H,26,30)/b23-9+,24-10+. The van der Waals surface area contributed by atoms with E-state index in [1.807, 2.05) is 0 Å². The molecular formula is C20H16Cl2N6O2S3. The van der Waals surface area contributed by atoms with Gasteiger partial charge in [-0.05, 0) is 35.4 Å². The first-order valence-electron chi connectivity index (χ1n) is 9.22. The van der Waals surface area contributed by atoms with Crippen LogP contribution in [0.4, 0.5) is 0 Å². The molecule has 0 unspecified atom stereocenters. The third kappa shape index (κ3) is 9.52. The van der Waals surface area contributed by atoms with E-state index in [9.17, 15) is 9.59 Å². The average molecular weight is 539 g/mol. The van der Waals surface area contributed by atoms with Crippen LogP contribution in [0.3, 0.4) is 0 Å². The Hall–Kier alpha value is -2.44. The van der Waals surface area contributed by atoms with Crippen LogP contribution in [-0.2, 0) is 9.59 Å². The van der Waals surface area contributed by atoms with Crippen LogP contribution >= 0.6 is 58.1 Å². The summed E-state index contributed by atoms with van der Waals surface area (Å²) >= 11 is 15.4. The second-order valence-electron chi connectivity index (χ2n) is 6.10. The molecule has 0 saturated heterocycles. The molecule has 0 aliphatic rings. The Morgan fingerprint density at radius 2 is 1.18 bits per heavy atom. The van der Waals surface area contributed by atoms with Crippen LogP contribution in [0.2, 0.25) is 10.0 Å². The van der Waals surface area contributed by atoms with Crippen molar-refractivity contribution in [2.45, 2.75) is 8.68 Å². The monoisotopic (exact) mass is 538 g/mol. The SMILES string of the molecule is O=C(CSc1nnc(SCC(=O)N/N=C/c2ccc(Cl)cc2)s1)N/N=C/c1ccc(Cl)cc1. The van der Waals surface area contributed by atoms with E-state index in [2.05, 4.69) is 31.3 Å². The summed E-state index contributed by atoms with van der Waals surface area (Å²) in [6.07, 6.45) is 3.06. The molecule has 0 spiro atoms. The molecule has 0 fully saturated rings. The number of carbonyl (C=O) groups excluding carboxylic acids is 2. The van der Waals surface area contributed by atoms with Crippen LogP contribution in [0.15, 0.2) is 67.4 Å². The van der Waals surface area contributed by atoms with Gasteiger partial charge >= 0.3 is 0 Å². The van der Waals surface area contributed by atoms with Crippen molar-refractivity contribution in [3.8, 4) is 0 Å². The molecule has 0 radical (unpaired) electrons. The van der Waals surface area contributed by atoms with Crippen LogP contribution in [0.25, 0.3) is 0 Å². The van der Waals surface area contributed by atoms with Crippen LogP contribution in [0.1, 0.15) is 11.1 Å². The topological polar surface area (TPSA) is 109 Å². The minimum absolute atomic E-state index is 0.136. The smallest absolute Gasteiger partial charge is 0.250 e. The highest BCUT2D eigenvalue weighted by Crippen LogP contribution is 2.28. The van der Waals surface area contributed by atoms with E-state index in [1.54, 1.807) is 48.5 Å². The molecule has 0 aliphatic carbocycles. The predicted octanol–water partition coefficient (Wildman–Crippen LogP) is 4.33. The molecule has 2 N–H and O–H groups in total. The summed E-state index contributed by atoms with van der Waals surface area (Å²) < 4.78 is 1.24. The molecule has 3 aromatic rings. The van der Waals surface area contributed by atoms with Crippen molar-refractivity contribution in [3.05, 3.63) is 69.7 Å². The molecule has 2 amide bonds. The summed E-state index contributed by atoms with van der Waals surface area (Å²) in [5, 5.41) is 17.1. The average Bonchev–Trinajstić information content (AvgIpc) is 3.27. The van der Waals surface area contributed by atoms with Crippen LogP contribution < -0.4 is 10.9 Å². The fourth-order valence-corrected chi connectivity index (χ4v) is 4.95. The van der Waals surface area contributed by atoms with Crippen molar-refractivity contribution in [3.63, 3.8) is 0 Å². The molecule has 33 heavy (non-hydrogen) atoms. The van der Waals surface area contributed by atoms with Gasteiger partial charge in [-0.2, -0.15) is 10.2 Å².